The van der Waals surface area contributed by atoms with Gasteiger partial charge in [-0.15, -0.1) is 11.3 Å². The molecule has 0 unspecified atom stereocenters. The molecule has 3 rings (SSSR count). The Labute approximate surface area is 147 Å². The molecule has 2 heterocycles. The van der Waals surface area contributed by atoms with Crippen LogP contribution in [0.15, 0.2) is 29.9 Å². The molecule has 0 aliphatic rings. The van der Waals surface area contributed by atoms with Gasteiger partial charge in [-0.1, -0.05) is 11.6 Å². The molecule has 1 N–H and O–H groups in total. The Hall–Kier alpha value is -2.38. The molecular formula is C16H14ClN3O3S. The van der Waals surface area contributed by atoms with Crippen molar-refractivity contribution in [3.63, 3.8) is 0 Å². The summed E-state index contributed by atoms with van der Waals surface area (Å²) in [6.07, 6.45) is 1.41. The molecule has 0 saturated carbocycles. The van der Waals surface area contributed by atoms with Crippen LogP contribution in [0.4, 0.5) is 5.69 Å². The fourth-order valence-corrected chi connectivity index (χ4v) is 3.01. The standard InChI is InChI=1S/C16H14ClN3O3S/c1-9-5-12(13(22-2)6-11(9)17)20-14(21)7-23-15-10-3-4-24-16(10)19-8-18-15/h3-6,8H,7H2,1-2H3,(H,20,21). The first kappa shape index (κ1) is 16.5. The number of amides is 1. The molecule has 1 aromatic carbocycles. The van der Waals surface area contributed by atoms with Crippen LogP contribution < -0.4 is 14.8 Å². The number of methoxy groups -OCH3 is 1. The van der Waals surface area contributed by atoms with Gasteiger partial charge in [0.15, 0.2) is 6.61 Å². The van der Waals surface area contributed by atoms with Gasteiger partial charge >= 0.3 is 0 Å². The minimum absolute atomic E-state index is 0.174. The normalized spacial score (nSPS) is 10.6. The van der Waals surface area contributed by atoms with E-state index >= 15 is 0 Å². The maximum absolute atomic E-state index is 12.2. The predicted octanol–water partition coefficient (Wildman–Crippen LogP) is 3.68. The molecular weight excluding hydrogens is 350 g/mol. The van der Waals surface area contributed by atoms with Crippen molar-refractivity contribution >= 4 is 44.7 Å². The molecule has 24 heavy (non-hydrogen) atoms. The number of carbonyl (C=O) groups excluding carboxylic acids is 1. The fraction of sp³-hybridized carbons (Fsp3) is 0.188. The van der Waals surface area contributed by atoms with Crippen LogP contribution in [0.2, 0.25) is 5.02 Å². The number of hydrogen-bond donors (Lipinski definition) is 1. The molecule has 0 fully saturated rings. The molecule has 3 aromatic rings. The summed E-state index contributed by atoms with van der Waals surface area (Å²) in [5.41, 5.74) is 1.38. The van der Waals surface area contributed by atoms with E-state index < -0.39 is 0 Å². The van der Waals surface area contributed by atoms with Crippen LogP contribution in [-0.4, -0.2) is 29.6 Å². The first-order valence-electron chi connectivity index (χ1n) is 7.03. The number of rotatable bonds is 5. The van der Waals surface area contributed by atoms with Crippen molar-refractivity contribution in [3.05, 3.63) is 40.5 Å². The largest absolute Gasteiger partial charge is 0.495 e. The summed E-state index contributed by atoms with van der Waals surface area (Å²) >= 11 is 7.54. The maximum atomic E-state index is 12.2. The SMILES string of the molecule is COc1cc(Cl)c(C)cc1NC(=O)COc1ncnc2sccc12. The average Bonchev–Trinajstić information content (AvgIpc) is 3.05. The molecule has 0 aliphatic carbocycles. The van der Waals surface area contributed by atoms with Crippen LogP contribution in [0, 0.1) is 6.92 Å². The topological polar surface area (TPSA) is 73.3 Å². The summed E-state index contributed by atoms with van der Waals surface area (Å²) < 4.78 is 10.7. The summed E-state index contributed by atoms with van der Waals surface area (Å²) in [6, 6.07) is 5.27. The van der Waals surface area contributed by atoms with Crippen molar-refractivity contribution in [3.8, 4) is 11.6 Å². The van der Waals surface area contributed by atoms with Crippen molar-refractivity contribution in [2.75, 3.05) is 19.0 Å². The molecule has 0 aliphatic heterocycles. The van der Waals surface area contributed by atoms with Crippen LogP contribution in [0.1, 0.15) is 5.56 Å². The minimum atomic E-state index is -0.322. The third-order valence-corrected chi connectivity index (χ3v) is 4.55. The number of fused-ring (bicyclic) bond motifs is 1. The number of nitrogens with one attached hydrogen (secondary N) is 1. The highest BCUT2D eigenvalue weighted by Crippen LogP contribution is 2.31. The van der Waals surface area contributed by atoms with Gasteiger partial charge in [0.1, 0.15) is 16.9 Å². The molecule has 0 saturated heterocycles. The van der Waals surface area contributed by atoms with Crippen molar-refractivity contribution < 1.29 is 14.3 Å². The van der Waals surface area contributed by atoms with Crippen molar-refractivity contribution in [2.24, 2.45) is 0 Å². The predicted molar refractivity (Wildman–Crippen MR) is 94.3 cm³/mol. The molecule has 0 bridgehead atoms. The number of hydrogen-bond acceptors (Lipinski definition) is 6. The van der Waals surface area contributed by atoms with Gasteiger partial charge in [-0.25, -0.2) is 9.97 Å². The van der Waals surface area contributed by atoms with Crippen LogP contribution in [0.5, 0.6) is 11.6 Å². The second-order valence-electron chi connectivity index (χ2n) is 4.96. The molecule has 0 radical (unpaired) electrons. The molecule has 6 nitrogen and oxygen atoms in total. The number of thiophene rings is 1. The Bertz CT molecular complexity index is 897. The third-order valence-electron chi connectivity index (χ3n) is 3.32. The van der Waals surface area contributed by atoms with Gasteiger partial charge < -0.3 is 14.8 Å². The number of aromatic nitrogens is 2. The van der Waals surface area contributed by atoms with Crippen LogP contribution >= 0.6 is 22.9 Å². The fourth-order valence-electron chi connectivity index (χ4n) is 2.13. The second-order valence-corrected chi connectivity index (χ2v) is 6.26. The highest BCUT2D eigenvalue weighted by molar-refractivity contribution is 7.16. The van der Waals surface area contributed by atoms with Gasteiger partial charge in [0.05, 0.1) is 18.2 Å². The van der Waals surface area contributed by atoms with E-state index in [1.807, 2.05) is 18.4 Å². The van der Waals surface area contributed by atoms with Gasteiger partial charge in [0, 0.05) is 11.1 Å². The molecule has 0 atom stereocenters. The maximum Gasteiger partial charge on any atom is 0.262 e. The lowest BCUT2D eigenvalue weighted by atomic mass is 10.2. The summed E-state index contributed by atoms with van der Waals surface area (Å²) in [5, 5.41) is 6.01. The minimum Gasteiger partial charge on any atom is -0.495 e. The van der Waals surface area contributed by atoms with Crippen LogP contribution in [-0.2, 0) is 4.79 Å². The van der Waals surface area contributed by atoms with E-state index in [9.17, 15) is 4.79 Å². The molecule has 0 spiro atoms. The van der Waals surface area contributed by atoms with Gasteiger partial charge in [0.25, 0.3) is 5.91 Å². The van der Waals surface area contributed by atoms with E-state index in [1.54, 1.807) is 12.1 Å². The monoisotopic (exact) mass is 363 g/mol. The van der Waals surface area contributed by atoms with Crippen LogP contribution in [0.25, 0.3) is 10.2 Å². The van der Waals surface area contributed by atoms with Gasteiger partial charge in [-0.05, 0) is 30.0 Å². The quantitative estimate of drug-likeness (QED) is 0.748. The highest BCUT2D eigenvalue weighted by atomic mass is 35.5. The summed E-state index contributed by atoms with van der Waals surface area (Å²) in [4.78, 5) is 21.2. The second kappa shape index (κ2) is 7.02. The number of nitrogens with zero attached hydrogens (tertiary/aromatic N) is 2. The van der Waals surface area contributed by atoms with Gasteiger partial charge in [-0.2, -0.15) is 0 Å². The highest BCUT2D eigenvalue weighted by Gasteiger charge is 2.12. The average molecular weight is 364 g/mol. The van der Waals surface area contributed by atoms with E-state index in [2.05, 4.69) is 15.3 Å². The third kappa shape index (κ3) is 3.42. The first-order chi connectivity index (χ1) is 11.6. The lowest BCUT2D eigenvalue weighted by molar-refractivity contribution is -0.118. The molecule has 2 aromatic heterocycles. The smallest absolute Gasteiger partial charge is 0.262 e. The number of aryl methyl sites for hydroxylation is 1. The van der Waals surface area contributed by atoms with Gasteiger partial charge in [0.2, 0.25) is 5.88 Å². The zero-order chi connectivity index (χ0) is 17.1. The van der Waals surface area contributed by atoms with Gasteiger partial charge in [-0.3, -0.25) is 4.79 Å². The Morgan fingerprint density at radius 2 is 2.21 bits per heavy atom. The Morgan fingerprint density at radius 1 is 1.38 bits per heavy atom. The van der Waals surface area contributed by atoms with Crippen molar-refractivity contribution in [1.82, 2.24) is 9.97 Å². The molecule has 124 valence electrons. The van der Waals surface area contributed by atoms with E-state index in [4.69, 9.17) is 21.1 Å². The first-order valence-corrected chi connectivity index (χ1v) is 8.29. The summed E-state index contributed by atoms with van der Waals surface area (Å²) in [5.74, 6) is 0.550. The number of ether oxygens (including phenoxy) is 2. The van der Waals surface area contributed by atoms with Crippen molar-refractivity contribution in [1.29, 1.82) is 0 Å². The zero-order valence-corrected chi connectivity index (χ0v) is 14.6. The lowest BCUT2D eigenvalue weighted by Gasteiger charge is -2.12. The Morgan fingerprint density at radius 3 is 3.00 bits per heavy atom. The molecule has 8 heteroatoms. The Kier molecular flexibility index (Phi) is 4.82. The van der Waals surface area contributed by atoms with E-state index in [0.29, 0.717) is 22.3 Å². The number of anilines is 1. The van der Waals surface area contributed by atoms with E-state index in [-0.39, 0.29) is 12.5 Å². The number of benzene rings is 1. The molecule has 1 amide bonds. The van der Waals surface area contributed by atoms with Crippen LogP contribution in [0.3, 0.4) is 0 Å². The Balaban J connectivity index is 1.70. The van der Waals surface area contributed by atoms with E-state index in [1.165, 1.54) is 24.8 Å². The number of halogens is 1. The lowest BCUT2D eigenvalue weighted by Crippen LogP contribution is -2.21. The summed E-state index contributed by atoms with van der Waals surface area (Å²) in [7, 11) is 1.52. The summed E-state index contributed by atoms with van der Waals surface area (Å²) in [6.45, 7) is 1.68. The van der Waals surface area contributed by atoms with E-state index in [0.717, 1.165) is 15.8 Å². The van der Waals surface area contributed by atoms with Crippen molar-refractivity contribution in [2.45, 2.75) is 6.92 Å². The zero-order valence-electron chi connectivity index (χ0n) is 13.0. The number of carbonyl (C=O) groups is 1.